The Morgan fingerprint density at radius 2 is 1.81 bits per heavy atom. The lowest BCUT2D eigenvalue weighted by molar-refractivity contribution is -0.134. The third-order valence-corrected chi connectivity index (χ3v) is 5.34. The lowest BCUT2D eigenvalue weighted by Gasteiger charge is -2.38. The van der Waals surface area contributed by atoms with E-state index in [-0.39, 0.29) is 36.8 Å². The van der Waals surface area contributed by atoms with Gasteiger partial charge in [0.25, 0.3) is 0 Å². The van der Waals surface area contributed by atoms with Gasteiger partial charge in [0.15, 0.2) is 0 Å². The highest BCUT2D eigenvalue weighted by atomic mass is 35.5. The summed E-state index contributed by atoms with van der Waals surface area (Å²) in [4.78, 5) is 23.5. The Morgan fingerprint density at radius 3 is 2.35 bits per heavy atom. The molecule has 1 aromatic rings. The van der Waals surface area contributed by atoms with Crippen LogP contribution in [0.2, 0.25) is 0 Å². The minimum atomic E-state index is 0. The molecule has 3 rings (SSSR count). The van der Waals surface area contributed by atoms with E-state index in [0.717, 1.165) is 57.9 Å². The molecule has 1 unspecified atom stereocenters. The number of halogens is 2. The van der Waals surface area contributed by atoms with Crippen LogP contribution in [0.25, 0.3) is 0 Å². The van der Waals surface area contributed by atoms with Crippen molar-refractivity contribution in [1.29, 1.82) is 0 Å². The van der Waals surface area contributed by atoms with Gasteiger partial charge in [-0.15, -0.1) is 24.8 Å². The maximum absolute atomic E-state index is 12.5. The molecule has 148 valence electrons. The van der Waals surface area contributed by atoms with E-state index in [1.807, 2.05) is 29.3 Å². The number of piperazine rings is 1. The normalized spacial score (nSPS) is 20.1. The van der Waals surface area contributed by atoms with Crippen LogP contribution in [0.4, 0.5) is 5.82 Å². The summed E-state index contributed by atoms with van der Waals surface area (Å²) in [6.07, 6.45) is 3.91. The van der Waals surface area contributed by atoms with Gasteiger partial charge >= 0.3 is 0 Å². The van der Waals surface area contributed by atoms with Crippen LogP contribution in [0.5, 0.6) is 0 Å². The second-order valence-corrected chi connectivity index (χ2v) is 7.03. The predicted octanol–water partition coefficient (Wildman–Crippen LogP) is 1.63. The van der Waals surface area contributed by atoms with Crippen molar-refractivity contribution in [2.45, 2.75) is 25.8 Å². The Bertz CT molecular complexity index is 530. The number of anilines is 1. The summed E-state index contributed by atoms with van der Waals surface area (Å²) in [6, 6.07) is 6.24. The predicted molar refractivity (Wildman–Crippen MR) is 110 cm³/mol. The third kappa shape index (κ3) is 5.98. The smallest absolute Gasteiger partial charge is 0.236 e. The van der Waals surface area contributed by atoms with Gasteiger partial charge in [-0.25, -0.2) is 4.98 Å². The number of hydrogen-bond donors (Lipinski definition) is 1. The molecule has 8 heteroatoms. The number of hydrogen-bond acceptors (Lipinski definition) is 5. The second-order valence-electron chi connectivity index (χ2n) is 7.03. The van der Waals surface area contributed by atoms with Crippen molar-refractivity contribution in [3.05, 3.63) is 24.4 Å². The average Bonchev–Trinajstić information content (AvgIpc) is 2.63. The van der Waals surface area contributed by atoms with Gasteiger partial charge in [-0.05, 0) is 37.8 Å². The fraction of sp³-hybridized carbons (Fsp3) is 0.667. The monoisotopic (exact) mass is 403 g/mol. The molecule has 0 spiro atoms. The summed E-state index contributed by atoms with van der Waals surface area (Å²) in [5.74, 6) is 1.86. The summed E-state index contributed by atoms with van der Waals surface area (Å²) in [7, 11) is 0. The molecule has 0 aromatic carbocycles. The van der Waals surface area contributed by atoms with Gasteiger partial charge in [0.1, 0.15) is 5.82 Å². The highest BCUT2D eigenvalue weighted by Gasteiger charge is 2.27. The van der Waals surface area contributed by atoms with Gasteiger partial charge in [0.05, 0.1) is 6.54 Å². The zero-order valence-corrected chi connectivity index (χ0v) is 17.1. The van der Waals surface area contributed by atoms with Crippen molar-refractivity contribution >= 4 is 36.5 Å². The molecular formula is C18H31Cl2N5O. The molecule has 1 atom stereocenters. The molecule has 3 heterocycles. The van der Waals surface area contributed by atoms with Crippen molar-refractivity contribution in [1.82, 2.24) is 14.8 Å². The first-order valence-corrected chi connectivity index (χ1v) is 9.05. The van der Waals surface area contributed by atoms with Gasteiger partial charge < -0.3 is 15.5 Å². The van der Waals surface area contributed by atoms with E-state index in [9.17, 15) is 4.79 Å². The van der Waals surface area contributed by atoms with Crippen molar-refractivity contribution < 1.29 is 4.79 Å². The van der Waals surface area contributed by atoms with Crippen LogP contribution in [-0.2, 0) is 4.79 Å². The van der Waals surface area contributed by atoms with Crippen LogP contribution in [0.15, 0.2) is 24.4 Å². The largest absolute Gasteiger partial charge is 0.354 e. The molecule has 2 aliphatic rings. The number of aromatic nitrogens is 1. The van der Waals surface area contributed by atoms with Crippen molar-refractivity contribution in [3.63, 3.8) is 0 Å². The highest BCUT2D eigenvalue weighted by molar-refractivity contribution is 5.85. The van der Waals surface area contributed by atoms with Gasteiger partial charge in [-0.2, -0.15) is 0 Å². The van der Waals surface area contributed by atoms with Gasteiger partial charge in [0, 0.05) is 51.5 Å². The van der Waals surface area contributed by atoms with Crippen molar-refractivity contribution in [2.24, 2.45) is 11.7 Å². The molecule has 2 saturated heterocycles. The molecule has 0 aliphatic carbocycles. The minimum absolute atomic E-state index is 0. The van der Waals surface area contributed by atoms with Crippen molar-refractivity contribution in [2.75, 3.05) is 50.7 Å². The summed E-state index contributed by atoms with van der Waals surface area (Å²) in [5, 5.41) is 0. The fourth-order valence-electron chi connectivity index (χ4n) is 3.64. The number of nitrogens with zero attached hydrogens (tertiary/aromatic N) is 4. The molecule has 2 aliphatic heterocycles. The zero-order valence-electron chi connectivity index (χ0n) is 15.4. The van der Waals surface area contributed by atoms with Crippen LogP contribution in [0.3, 0.4) is 0 Å². The number of pyridine rings is 1. The van der Waals surface area contributed by atoms with E-state index in [1.54, 1.807) is 0 Å². The Morgan fingerprint density at radius 1 is 1.15 bits per heavy atom. The van der Waals surface area contributed by atoms with Crippen LogP contribution in [-0.4, -0.2) is 72.5 Å². The van der Waals surface area contributed by atoms with Crippen molar-refractivity contribution in [3.8, 4) is 0 Å². The van der Waals surface area contributed by atoms with Crippen LogP contribution >= 0.6 is 24.8 Å². The van der Waals surface area contributed by atoms with Gasteiger partial charge in [0.2, 0.25) is 5.91 Å². The van der Waals surface area contributed by atoms with E-state index < -0.39 is 0 Å². The Labute approximate surface area is 168 Å². The molecule has 26 heavy (non-hydrogen) atoms. The fourth-order valence-corrected chi connectivity index (χ4v) is 3.64. The lowest BCUT2D eigenvalue weighted by Crippen LogP contribution is -2.51. The number of rotatable bonds is 4. The topological polar surface area (TPSA) is 65.7 Å². The first kappa shape index (κ1) is 23.0. The minimum Gasteiger partial charge on any atom is -0.354 e. The Hall–Kier alpha value is -1.08. The summed E-state index contributed by atoms with van der Waals surface area (Å²) in [5.41, 5.74) is 5.98. The molecule has 2 fully saturated rings. The molecule has 1 amide bonds. The Balaban J connectivity index is 0.00000169. The number of likely N-dealkylation sites (tertiary alicyclic amines) is 1. The molecule has 0 radical (unpaired) electrons. The van der Waals surface area contributed by atoms with Crippen LogP contribution < -0.4 is 10.6 Å². The molecular weight excluding hydrogens is 373 g/mol. The summed E-state index contributed by atoms with van der Waals surface area (Å²) >= 11 is 0. The first-order chi connectivity index (χ1) is 11.6. The molecule has 0 bridgehead atoms. The number of carbonyl (C=O) groups is 1. The van der Waals surface area contributed by atoms with E-state index in [4.69, 9.17) is 5.73 Å². The number of piperidine rings is 1. The maximum Gasteiger partial charge on any atom is 0.236 e. The number of carbonyl (C=O) groups excluding carboxylic acids is 1. The quantitative estimate of drug-likeness (QED) is 0.827. The first-order valence-electron chi connectivity index (χ1n) is 9.05. The SMILES string of the molecule is CC(N)C1CCN(C(=O)CN2CCN(c3ccccn3)CC2)CC1.Cl.Cl. The lowest BCUT2D eigenvalue weighted by atomic mass is 9.91. The van der Waals surface area contributed by atoms with E-state index in [2.05, 4.69) is 21.7 Å². The maximum atomic E-state index is 12.5. The van der Waals surface area contributed by atoms with Gasteiger partial charge in [-0.3, -0.25) is 9.69 Å². The van der Waals surface area contributed by atoms with E-state index in [0.29, 0.717) is 12.5 Å². The molecule has 6 nitrogen and oxygen atoms in total. The standard InChI is InChI=1S/C18H29N5O.2ClH/c1-15(19)16-5-8-23(9-6-16)18(24)14-21-10-12-22(13-11-21)17-4-2-3-7-20-17;;/h2-4,7,15-16H,5-6,8-14,19H2,1H3;2*1H. The van der Waals surface area contributed by atoms with Gasteiger partial charge in [-0.1, -0.05) is 6.07 Å². The van der Waals surface area contributed by atoms with Crippen LogP contribution in [0.1, 0.15) is 19.8 Å². The highest BCUT2D eigenvalue weighted by Crippen LogP contribution is 2.20. The summed E-state index contributed by atoms with van der Waals surface area (Å²) in [6.45, 7) is 8.02. The van der Waals surface area contributed by atoms with E-state index >= 15 is 0 Å². The summed E-state index contributed by atoms with van der Waals surface area (Å²) < 4.78 is 0. The zero-order chi connectivity index (χ0) is 16.9. The number of amides is 1. The Kier molecular flexibility index (Phi) is 9.64. The average molecular weight is 404 g/mol. The van der Waals surface area contributed by atoms with Crippen LogP contribution in [0, 0.1) is 5.92 Å². The molecule has 0 saturated carbocycles. The number of nitrogens with two attached hydrogens (primary N) is 1. The third-order valence-electron chi connectivity index (χ3n) is 5.34. The molecule has 2 N–H and O–H groups in total. The van der Waals surface area contributed by atoms with E-state index in [1.165, 1.54) is 0 Å². The second kappa shape index (κ2) is 10.9. The molecule has 1 aromatic heterocycles.